The molecule has 3 nitrogen and oxygen atoms in total. The minimum atomic E-state index is -4.52. The summed E-state index contributed by atoms with van der Waals surface area (Å²) in [5.41, 5.74) is 7.07. The van der Waals surface area contributed by atoms with Crippen molar-refractivity contribution in [3.05, 3.63) is 71.2 Å². The number of halogens is 4. The van der Waals surface area contributed by atoms with Crippen molar-refractivity contribution >= 4 is 54.2 Å². The molecule has 1 aliphatic heterocycles. The molecule has 1 saturated heterocycles. The van der Waals surface area contributed by atoms with Crippen LogP contribution in [0.3, 0.4) is 0 Å². The Balaban J connectivity index is 0.000000753. The number of hydrogen-bond acceptors (Lipinski definition) is 1. The van der Waals surface area contributed by atoms with E-state index in [0.29, 0.717) is 17.2 Å². The summed E-state index contributed by atoms with van der Waals surface area (Å²) in [7, 11) is 0. The van der Waals surface area contributed by atoms with Crippen LogP contribution in [-0.2, 0) is 4.74 Å². The van der Waals surface area contributed by atoms with E-state index in [0.717, 1.165) is 24.6 Å². The van der Waals surface area contributed by atoms with Crippen LogP contribution in [0.2, 0.25) is 0 Å². The van der Waals surface area contributed by atoms with Crippen LogP contribution in [0.1, 0.15) is 114 Å². The third-order valence-corrected chi connectivity index (χ3v) is 10.6. The molecule has 2 aromatic carbocycles. The molecule has 1 fully saturated rings. The second kappa shape index (κ2) is 12.9. The molecule has 2 heterocycles. The van der Waals surface area contributed by atoms with Gasteiger partial charge in [0.25, 0.3) is 0 Å². The van der Waals surface area contributed by atoms with Gasteiger partial charge in [-0.3, -0.25) is 0 Å². The first kappa shape index (κ1) is 32.5. The van der Waals surface area contributed by atoms with Gasteiger partial charge in [-0.2, -0.15) is 0 Å². The van der Waals surface area contributed by atoms with Gasteiger partial charge in [-0.05, 0) is 12.8 Å². The zero-order chi connectivity index (χ0) is 29.1. The average molecular weight is 631 g/mol. The quantitative estimate of drug-likeness (QED) is 0.145. The Morgan fingerprint density at radius 3 is 1.44 bits per heavy atom. The Morgan fingerprint density at radius 1 is 0.692 bits per heavy atom. The van der Waals surface area contributed by atoms with E-state index in [9.17, 15) is 0 Å². The number of nitrogens with zero attached hydrogens (tertiary/aromatic N) is 2. The van der Waals surface area contributed by atoms with E-state index in [4.69, 9.17) is 49.1 Å². The van der Waals surface area contributed by atoms with Crippen LogP contribution >= 0.6 is 44.3 Å². The van der Waals surface area contributed by atoms with Crippen molar-refractivity contribution in [2.24, 2.45) is 0 Å². The molecular weight excluding hydrogens is 586 g/mol. The normalized spacial score (nSPS) is 15.1. The monoisotopic (exact) mass is 628 g/mol. The van der Waals surface area contributed by atoms with Gasteiger partial charge < -0.3 is 4.74 Å². The molecule has 0 saturated carbocycles. The second-order valence-corrected chi connectivity index (χ2v) is 26.4. The van der Waals surface area contributed by atoms with Gasteiger partial charge in [0, 0.05) is 13.2 Å². The van der Waals surface area contributed by atoms with E-state index in [-0.39, 0.29) is 11.8 Å². The number of para-hydroxylation sites is 2. The zero-order valence-electron chi connectivity index (χ0n) is 24.6. The van der Waals surface area contributed by atoms with Gasteiger partial charge >= 0.3 is 225 Å². The molecule has 0 atom stereocenters. The van der Waals surface area contributed by atoms with Crippen molar-refractivity contribution in [3.63, 3.8) is 0 Å². The van der Waals surface area contributed by atoms with Gasteiger partial charge in [-0.1, -0.05) is 0 Å². The zero-order valence-corrected chi connectivity index (χ0v) is 28.6. The van der Waals surface area contributed by atoms with Crippen LogP contribution < -0.4 is 9.88 Å². The van der Waals surface area contributed by atoms with Gasteiger partial charge in [0.2, 0.25) is 0 Å². The van der Waals surface area contributed by atoms with E-state index < -0.39 is 4.59 Å². The molecule has 39 heavy (non-hydrogen) atoms. The first-order valence-electron chi connectivity index (χ1n) is 14.1. The number of hydrogen-bond donors (Lipinski definition) is 0. The fourth-order valence-corrected chi connectivity index (χ4v) is 7.65. The Labute approximate surface area is 254 Å². The summed E-state index contributed by atoms with van der Waals surface area (Å²) in [5, 5.41) is 0.537. The molecule has 8 heteroatoms. The standard InChI is InChI=1S/C27H36Cl4N2Si.C4H8O/c1-17(2)21-11-9-12-22(18(3)4)26(21)32-15-25(34(28,29,30)31)33(16-32)27-23(19(5)6)13-10-14-24(27)20(7)8;1-2-4-5-3-1/h9-20H,1-8H3;1-4H2. The number of imidazole rings is 1. The van der Waals surface area contributed by atoms with Crippen LogP contribution in [0.5, 0.6) is 0 Å². The van der Waals surface area contributed by atoms with Crippen LogP contribution in [0.4, 0.5) is 0 Å². The Hall–Kier alpha value is -1.01. The number of ether oxygens (including phenoxy) is 1. The predicted molar refractivity (Wildman–Crippen MR) is 173 cm³/mol. The summed E-state index contributed by atoms with van der Waals surface area (Å²) in [6.45, 7) is 19.6. The first-order valence-corrected chi connectivity index (χ1v) is 20.6. The second-order valence-electron chi connectivity index (χ2n) is 11.7. The van der Waals surface area contributed by atoms with Crippen molar-refractivity contribution in [1.29, 1.82) is 0 Å². The van der Waals surface area contributed by atoms with Crippen molar-refractivity contribution in [1.82, 2.24) is 4.57 Å². The first-order chi connectivity index (χ1) is 18.1. The summed E-state index contributed by atoms with van der Waals surface area (Å²) < 4.78 is 4.58. The fraction of sp³-hybridized carbons (Fsp3) is 0.516. The summed E-state index contributed by atoms with van der Waals surface area (Å²) >= 11 is 27.0. The number of rotatable bonds is 7. The Bertz CT molecular complexity index is 1200. The van der Waals surface area contributed by atoms with E-state index in [2.05, 4.69) is 103 Å². The molecule has 1 aliphatic rings. The average Bonchev–Trinajstić information content (AvgIpc) is 3.56. The molecule has 0 aliphatic carbocycles. The molecule has 0 radical (unpaired) electrons. The molecule has 0 amide bonds. The van der Waals surface area contributed by atoms with Crippen LogP contribution in [0.15, 0.2) is 48.9 Å². The number of benzene rings is 2. The van der Waals surface area contributed by atoms with Crippen LogP contribution in [0.25, 0.3) is 11.4 Å². The van der Waals surface area contributed by atoms with Gasteiger partial charge in [0.05, 0.1) is 0 Å². The van der Waals surface area contributed by atoms with E-state index >= 15 is 0 Å². The third-order valence-electron chi connectivity index (χ3n) is 7.16. The summed E-state index contributed by atoms with van der Waals surface area (Å²) in [4.78, 5) is 0. The van der Waals surface area contributed by atoms with Crippen LogP contribution in [-0.4, -0.2) is 22.4 Å². The SMILES string of the molecule is C1CCOC1.CC(C)c1cccc(C(C)C)c1-n1c[n+](-c2c(C(C)C)cccc2C(C)C)cc1[Si-](Cl)(Cl)(Cl)Cl. The fourth-order valence-electron chi connectivity index (χ4n) is 5.10. The van der Waals surface area contributed by atoms with E-state index in [1.165, 1.54) is 35.1 Å². The summed E-state index contributed by atoms with van der Waals surface area (Å²) in [5.74, 6) is 1.24. The molecule has 0 bridgehead atoms. The topological polar surface area (TPSA) is 18.0 Å². The van der Waals surface area contributed by atoms with Gasteiger partial charge in [0.15, 0.2) is 0 Å². The minimum absolute atomic E-state index is 0.288. The predicted octanol–water partition coefficient (Wildman–Crippen LogP) is 9.60. The van der Waals surface area contributed by atoms with Gasteiger partial charge in [-0.15, -0.1) is 0 Å². The number of aromatic nitrogens is 2. The van der Waals surface area contributed by atoms with Crippen LogP contribution in [0, 0.1) is 0 Å². The Morgan fingerprint density at radius 2 is 1.10 bits per heavy atom. The maximum atomic E-state index is 6.75. The van der Waals surface area contributed by atoms with E-state index in [1.807, 2.05) is 10.8 Å². The molecular formula is C31H44Cl4N2OSi. The molecule has 1 aromatic heterocycles. The van der Waals surface area contributed by atoms with Gasteiger partial charge in [-0.25, -0.2) is 0 Å². The summed E-state index contributed by atoms with van der Waals surface area (Å²) in [6, 6.07) is 12.9. The molecule has 0 N–H and O–H groups in total. The third kappa shape index (κ3) is 7.84. The summed E-state index contributed by atoms with van der Waals surface area (Å²) in [6.07, 6.45) is 6.54. The molecule has 0 unspecified atom stereocenters. The maximum absolute atomic E-state index is 6.75. The van der Waals surface area contributed by atoms with Crippen molar-refractivity contribution in [2.75, 3.05) is 13.2 Å². The molecule has 3 aromatic rings. The van der Waals surface area contributed by atoms with Gasteiger partial charge in [0.1, 0.15) is 0 Å². The molecule has 0 spiro atoms. The van der Waals surface area contributed by atoms with Crippen molar-refractivity contribution in [3.8, 4) is 11.4 Å². The molecule has 4 rings (SSSR count). The van der Waals surface area contributed by atoms with Crippen molar-refractivity contribution in [2.45, 2.75) is 91.9 Å². The van der Waals surface area contributed by atoms with Crippen molar-refractivity contribution < 1.29 is 9.30 Å². The molecule has 216 valence electrons. The Kier molecular flexibility index (Phi) is 10.7. The van der Waals surface area contributed by atoms with E-state index in [1.54, 1.807) is 0 Å².